The Morgan fingerprint density at radius 3 is 2.72 bits per heavy atom. The van der Waals surface area contributed by atoms with Gasteiger partial charge in [0.15, 0.2) is 11.6 Å². The summed E-state index contributed by atoms with van der Waals surface area (Å²) in [6.07, 6.45) is 0.661. The highest BCUT2D eigenvalue weighted by Crippen LogP contribution is 2.23. The highest BCUT2D eigenvalue weighted by Gasteiger charge is 2.13. The number of halogens is 2. The second-order valence-electron chi connectivity index (χ2n) is 3.62. The van der Waals surface area contributed by atoms with Gasteiger partial charge >= 0.3 is 0 Å². The van der Waals surface area contributed by atoms with Gasteiger partial charge in [-0.15, -0.1) is 10.2 Å². The molecule has 0 aliphatic heterocycles. The van der Waals surface area contributed by atoms with E-state index in [9.17, 15) is 4.39 Å². The number of hydrogen-bond acceptors (Lipinski definition) is 3. The van der Waals surface area contributed by atoms with Gasteiger partial charge in [-0.25, -0.2) is 4.39 Å². The fourth-order valence-corrected chi connectivity index (χ4v) is 1.91. The van der Waals surface area contributed by atoms with E-state index >= 15 is 0 Å². The lowest BCUT2D eigenvalue weighted by Crippen LogP contribution is -2.02. The molecule has 0 N–H and O–H groups in total. The summed E-state index contributed by atoms with van der Waals surface area (Å²) in [4.78, 5) is 0. The molecule has 4 nitrogen and oxygen atoms in total. The molecule has 0 aliphatic carbocycles. The summed E-state index contributed by atoms with van der Waals surface area (Å²) in [5.74, 6) is 0.480. The fourth-order valence-electron chi connectivity index (χ4n) is 1.68. The molecular formula is C12H13ClFN3O. The molecule has 0 radical (unpaired) electrons. The van der Waals surface area contributed by atoms with Crippen LogP contribution in [0.15, 0.2) is 18.2 Å². The first-order chi connectivity index (χ1) is 8.67. The average Bonchev–Trinajstić information content (AvgIpc) is 2.73. The topological polar surface area (TPSA) is 39.9 Å². The molecule has 6 heteroatoms. The van der Waals surface area contributed by atoms with Gasteiger partial charge in [-0.3, -0.25) is 4.57 Å². The van der Waals surface area contributed by atoms with E-state index in [1.807, 2.05) is 6.92 Å². The first-order valence-electron chi connectivity index (χ1n) is 5.69. The van der Waals surface area contributed by atoms with Gasteiger partial charge < -0.3 is 4.74 Å². The van der Waals surface area contributed by atoms with Crippen molar-refractivity contribution < 1.29 is 9.13 Å². The summed E-state index contributed by atoms with van der Waals surface area (Å²) < 4.78 is 20.5. The van der Waals surface area contributed by atoms with E-state index in [-0.39, 0.29) is 11.0 Å². The van der Waals surface area contributed by atoms with Gasteiger partial charge in [0.1, 0.15) is 5.82 Å². The zero-order chi connectivity index (χ0) is 13.1. The van der Waals surface area contributed by atoms with E-state index in [1.54, 1.807) is 23.6 Å². The van der Waals surface area contributed by atoms with Crippen LogP contribution in [0.1, 0.15) is 19.7 Å². The number of nitrogens with zero attached hydrogens (tertiary/aromatic N) is 3. The van der Waals surface area contributed by atoms with Gasteiger partial charge in [0.25, 0.3) is 0 Å². The Balaban J connectivity index is 2.45. The lowest BCUT2D eigenvalue weighted by atomic mass is 10.2. The highest BCUT2D eigenvalue weighted by molar-refractivity contribution is 6.28. The van der Waals surface area contributed by atoms with E-state index < -0.39 is 5.82 Å². The van der Waals surface area contributed by atoms with Gasteiger partial charge in [-0.2, -0.15) is 0 Å². The van der Waals surface area contributed by atoms with E-state index in [0.29, 0.717) is 24.5 Å². The zero-order valence-corrected chi connectivity index (χ0v) is 10.9. The van der Waals surface area contributed by atoms with Gasteiger partial charge in [-0.05, 0) is 30.7 Å². The van der Waals surface area contributed by atoms with Crippen LogP contribution in [-0.4, -0.2) is 21.4 Å². The summed E-state index contributed by atoms with van der Waals surface area (Å²) in [6, 6.07) is 4.66. The van der Waals surface area contributed by atoms with E-state index in [4.69, 9.17) is 16.3 Å². The van der Waals surface area contributed by atoms with E-state index in [1.165, 1.54) is 6.07 Å². The van der Waals surface area contributed by atoms with Crippen LogP contribution in [0.25, 0.3) is 5.69 Å². The third-order valence-corrected chi connectivity index (χ3v) is 2.72. The molecule has 0 amide bonds. The zero-order valence-electron chi connectivity index (χ0n) is 10.2. The van der Waals surface area contributed by atoms with Crippen molar-refractivity contribution in [2.75, 3.05) is 6.61 Å². The van der Waals surface area contributed by atoms with Crippen molar-refractivity contribution >= 4 is 11.6 Å². The third-order valence-electron chi connectivity index (χ3n) is 2.48. The minimum atomic E-state index is -0.429. The van der Waals surface area contributed by atoms with Crippen LogP contribution in [0.2, 0.25) is 5.28 Å². The minimum Gasteiger partial charge on any atom is -0.491 e. The van der Waals surface area contributed by atoms with E-state index in [0.717, 1.165) is 0 Å². The van der Waals surface area contributed by atoms with Crippen LogP contribution in [-0.2, 0) is 6.42 Å². The second-order valence-corrected chi connectivity index (χ2v) is 3.96. The van der Waals surface area contributed by atoms with Gasteiger partial charge in [0.05, 0.1) is 12.3 Å². The van der Waals surface area contributed by atoms with Crippen LogP contribution in [0.5, 0.6) is 5.75 Å². The lowest BCUT2D eigenvalue weighted by molar-refractivity contribution is 0.321. The minimum absolute atomic E-state index is 0.218. The first-order valence-corrected chi connectivity index (χ1v) is 6.07. The van der Waals surface area contributed by atoms with Crippen molar-refractivity contribution in [1.82, 2.24) is 14.8 Å². The summed E-state index contributed by atoms with van der Waals surface area (Å²) in [5.41, 5.74) is 0.586. The lowest BCUT2D eigenvalue weighted by Gasteiger charge is -2.09. The molecular weight excluding hydrogens is 257 g/mol. The van der Waals surface area contributed by atoms with Crippen LogP contribution in [0, 0.1) is 5.82 Å². The Morgan fingerprint density at radius 2 is 2.11 bits per heavy atom. The standard InChI is InChI=1S/C12H13ClFN3O/c1-3-11-15-16-12(13)17(11)8-5-6-10(18-4-2)9(14)7-8/h5-7H,3-4H2,1-2H3. The Morgan fingerprint density at radius 1 is 1.33 bits per heavy atom. The summed E-state index contributed by atoms with van der Waals surface area (Å²) in [7, 11) is 0. The molecule has 96 valence electrons. The summed E-state index contributed by atoms with van der Waals surface area (Å²) >= 11 is 5.95. The fraction of sp³-hybridized carbons (Fsp3) is 0.333. The summed E-state index contributed by atoms with van der Waals surface area (Å²) in [6.45, 7) is 4.16. The molecule has 18 heavy (non-hydrogen) atoms. The molecule has 1 aromatic heterocycles. The number of aryl methyl sites for hydroxylation is 1. The van der Waals surface area contributed by atoms with Crippen LogP contribution < -0.4 is 4.74 Å². The van der Waals surface area contributed by atoms with Gasteiger partial charge in [-0.1, -0.05) is 6.92 Å². The number of hydrogen-bond donors (Lipinski definition) is 0. The number of ether oxygens (including phenoxy) is 1. The molecule has 0 unspecified atom stereocenters. The normalized spacial score (nSPS) is 10.7. The maximum absolute atomic E-state index is 13.8. The molecule has 0 saturated carbocycles. The Labute approximate surface area is 109 Å². The van der Waals surface area contributed by atoms with Crippen LogP contribution in [0.3, 0.4) is 0 Å². The third kappa shape index (κ3) is 2.31. The van der Waals surface area contributed by atoms with E-state index in [2.05, 4.69) is 10.2 Å². The molecule has 0 spiro atoms. The predicted octanol–water partition coefficient (Wildman–Crippen LogP) is 3.02. The molecule has 0 saturated heterocycles. The number of aromatic nitrogens is 3. The number of rotatable bonds is 4. The molecule has 0 aliphatic rings. The van der Waals surface area contributed by atoms with Crippen LogP contribution in [0.4, 0.5) is 4.39 Å². The highest BCUT2D eigenvalue weighted by atomic mass is 35.5. The molecule has 1 aromatic carbocycles. The Hall–Kier alpha value is -1.62. The summed E-state index contributed by atoms with van der Waals surface area (Å²) in [5, 5.41) is 7.92. The second kappa shape index (κ2) is 5.35. The Bertz CT molecular complexity index is 556. The molecule has 2 aromatic rings. The predicted molar refractivity (Wildman–Crippen MR) is 66.9 cm³/mol. The largest absolute Gasteiger partial charge is 0.491 e. The van der Waals surface area contributed by atoms with Gasteiger partial charge in [0, 0.05) is 12.5 Å². The molecule has 0 atom stereocenters. The smallest absolute Gasteiger partial charge is 0.229 e. The Kier molecular flexibility index (Phi) is 3.81. The van der Waals surface area contributed by atoms with Crippen molar-refractivity contribution in [1.29, 1.82) is 0 Å². The van der Waals surface area contributed by atoms with Crippen molar-refractivity contribution in [2.24, 2.45) is 0 Å². The number of benzene rings is 1. The van der Waals surface area contributed by atoms with Crippen molar-refractivity contribution in [3.8, 4) is 11.4 Å². The van der Waals surface area contributed by atoms with Crippen molar-refractivity contribution in [2.45, 2.75) is 20.3 Å². The molecule has 0 fully saturated rings. The SMILES string of the molecule is CCOc1ccc(-n2c(Cl)nnc2CC)cc1F. The monoisotopic (exact) mass is 269 g/mol. The van der Waals surface area contributed by atoms with Gasteiger partial charge in [0.2, 0.25) is 5.28 Å². The molecule has 2 rings (SSSR count). The molecule has 1 heterocycles. The van der Waals surface area contributed by atoms with Crippen molar-refractivity contribution in [3.05, 3.63) is 35.1 Å². The van der Waals surface area contributed by atoms with Crippen LogP contribution >= 0.6 is 11.6 Å². The first kappa shape index (κ1) is 12.8. The van der Waals surface area contributed by atoms with Crippen molar-refractivity contribution in [3.63, 3.8) is 0 Å². The molecule has 0 bridgehead atoms. The maximum atomic E-state index is 13.8. The quantitative estimate of drug-likeness (QED) is 0.857. The average molecular weight is 270 g/mol. The maximum Gasteiger partial charge on any atom is 0.229 e.